The maximum Gasteiger partial charge on any atom is 0.311 e. The molecule has 2 N–H and O–H groups in total. The topological polar surface area (TPSA) is 90.5 Å². The highest BCUT2D eigenvalue weighted by molar-refractivity contribution is 7.92. The summed E-state index contributed by atoms with van der Waals surface area (Å²) < 4.78 is 26.6. The minimum absolute atomic E-state index is 0.154. The molecule has 6 nitrogen and oxygen atoms in total. The Morgan fingerprint density at radius 2 is 2.05 bits per heavy atom. The summed E-state index contributed by atoms with van der Waals surface area (Å²) in [7, 11) is -3.67. The van der Waals surface area contributed by atoms with Crippen LogP contribution in [0.15, 0.2) is 47.6 Å². The Labute approximate surface area is 122 Å². The van der Waals surface area contributed by atoms with E-state index in [9.17, 15) is 18.3 Å². The van der Waals surface area contributed by atoms with Crippen molar-refractivity contribution in [2.24, 2.45) is 0 Å². The number of aliphatic carboxylic acids is 1. The average Bonchev–Trinajstić information content (AvgIpc) is 3.00. The van der Waals surface area contributed by atoms with Crippen molar-refractivity contribution in [1.82, 2.24) is 4.98 Å². The van der Waals surface area contributed by atoms with Crippen LogP contribution in [0.5, 0.6) is 0 Å². The number of H-pyrrole nitrogens is 1. The molecule has 7 heteroatoms. The van der Waals surface area contributed by atoms with Crippen LogP contribution in [0.3, 0.4) is 0 Å². The van der Waals surface area contributed by atoms with Crippen LogP contribution in [-0.2, 0) is 14.8 Å². The maximum absolute atomic E-state index is 12.6. The van der Waals surface area contributed by atoms with Crippen LogP contribution in [0, 0.1) is 0 Å². The van der Waals surface area contributed by atoms with Gasteiger partial charge in [-0.05, 0) is 24.1 Å². The number of carboxylic acid groups (broad SMARTS) is 1. The Hall–Kier alpha value is -2.28. The van der Waals surface area contributed by atoms with Gasteiger partial charge in [0.05, 0.1) is 11.6 Å². The quantitative estimate of drug-likeness (QED) is 0.904. The third-order valence-corrected chi connectivity index (χ3v) is 5.47. The van der Waals surface area contributed by atoms with E-state index in [2.05, 4.69) is 4.98 Å². The third kappa shape index (κ3) is 2.19. The zero-order chi connectivity index (χ0) is 15.0. The summed E-state index contributed by atoms with van der Waals surface area (Å²) in [4.78, 5) is 14.2. The number of para-hydroxylation sites is 1. The lowest BCUT2D eigenvalue weighted by molar-refractivity contribution is -0.139. The predicted molar refractivity (Wildman–Crippen MR) is 76.8 cm³/mol. The fourth-order valence-electron chi connectivity index (χ4n) is 2.63. The van der Waals surface area contributed by atoms with E-state index in [1.54, 1.807) is 30.5 Å². The van der Waals surface area contributed by atoms with Crippen molar-refractivity contribution in [3.05, 3.63) is 48.3 Å². The van der Waals surface area contributed by atoms with E-state index >= 15 is 0 Å². The van der Waals surface area contributed by atoms with Gasteiger partial charge in [-0.15, -0.1) is 0 Å². The number of benzene rings is 1. The van der Waals surface area contributed by atoms with Crippen LogP contribution in [0.4, 0.5) is 5.69 Å². The van der Waals surface area contributed by atoms with Crippen molar-refractivity contribution < 1.29 is 18.3 Å². The van der Waals surface area contributed by atoms with Gasteiger partial charge in [0.15, 0.2) is 0 Å². The number of hydrogen-bond donors (Lipinski definition) is 2. The van der Waals surface area contributed by atoms with Crippen LogP contribution in [0.2, 0.25) is 0 Å². The molecular weight excluding hydrogens is 292 g/mol. The molecule has 0 saturated heterocycles. The van der Waals surface area contributed by atoms with Crippen molar-refractivity contribution in [2.75, 3.05) is 10.8 Å². The van der Waals surface area contributed by atoms with Crippen molar-refractivity contribution in [3.8, 4) is 0 Å². The summed E-state index contributed by atoms with van der Waals surface area (Å²) in [6, 6.07) is 8.24. The van der Waals surface area contributed by atoms with Crippen molar-refractivity contribution in [1.29, 1.82) is 0 Å². The second-order valence-corrected chi connectivity index (χ2v) is 6.72. The molecule has 2 heterocycles. The average molecular weight is 306 g/mol. The molecule has 1 aromatic carbocycles. The van der Waals surface area contributed by atoms with Gasteiger partial charge in [-0.2, -0.15) is 0 Å². The van der Waals surface area contributed by atoms with Crippen molar-refractivity contribution in [2.45, 2.75) is 17.2 Å². The number of carbonyl (C=O) groups is 1. The first-order chi connectivity index (χ1) is 10.0. The zero-order valence-corrected chi connectivity index (χ0v) is 11.9. The van der Waals surface area contributed by atoms with Crippen LogP contribution >= 0.6 is 0 Å². The van der Waals surface area contributed by atoms with Gasteiger partial charge >= 0.3 is 5.97 Å². The molecule has 1 unspecified atom stereocenters. The van der Waals surface area contributed by atoms with E-state index in [-0.39, 0.29) is 17.9 Å². The highest BCUT2D eigenvalue weighted by atomic mass is 32.2. The van der Waals surface area contributed by atoms with Gasteiger partial charge in [0.2, 0.25) is 0 Å². The monoisotopic (exact) mass is 306 g/mol. The molecule has 0 saturated carbocycles. The molecule has 21 heavy (non-hydrogen) atoms. The second kappa shape index (κ2) is 4.92. The molecule has 0 bridgehead atoms. The molecule has 1 aliphatic rings. The Morgan fingerprint density at radius 1 is 1.29 bits per heavy atom. The molecule has 0 aliphatic carbocycles. The lowest BCUT2D eigenvalue weighted by Crippen LogP contribution is -2.38. The van der Waals surface area contributed by atoms with Crippen LogP contribution in [0.25, 0.3) is 0 Å². The van der Waals surface area contributed by atoms with Crippen molar-refractivity contribution in [3.63, 3.8) is 0 Å². The standard InChI is InChI=1S/C14H14N2O4S/c17-14(18)12-6-8-16(13-4-2-1-3-11(12)13)21(19,20)10-5-7-15-9-10/h1-5,7,9,12,15H,6,8H2,(H,17,18). The number of aromatic amines is 1. The molecule has 0 spiro atoms. The number of nitrogens with zero attached hydrogens (tertiary/aromatic N) is 1. The number of anilines is 1. The minimum Gasteiger partial charge on any atom is -0.481 e. The first-order valence-electron chi connectivity index (χ1n) is 6.49. The van der Waals surface area contributed by atoms with Gasteiger partial charge in [0.25, 0.3) is 10.0 Å². The molecule has 1 atom stereocenters. The van der Waals surface area contributed by atoms with E-state index in [0.29, 0.717) is 11.3 Å². The van der Waals surface area contributed by atoms with Crippen molar-refractivity contribution >= 4 is 21.7 Å². The fourth-order valence-corrected chi connectivity index (χ4v) is 4.12. The fraction of sp³-hybridized carbons (Fsp3) is 0.214. The van der Waals surface area contributed by atoms with Gasteiger partial charge in [-0.25, -0.2) is 8.42 Å². The summed E-state index contributed by atoms with van der Waals surface area (Å²) >= 11 is 0. The normalized spacial score (nSPS) is 18.3. The summed E-state index contributed by atoms with van der Waals surface area (Å²) in [6.07, 6.45) is 3.22. The number of sulfonamides is 1. The Morgan fingerprint density at radius 3 is 2.71 bits per heavy atom. The van der Waals surface area contributed by atoms with E-state index in [1.807, 2.05) is 0 Å². The number of aromatic nitrogens is 1. The molecule has 1 aromatic heterocycles. The molecule has 2 aromatic rings. The van der Waals surface area contributed by atoms with Crippen LogP contribution < -0.4 is 4.31 Å². The minimum atomic E-state index is -3.67. The van der Waals surface area contributed by atoms with E-state index in [4.69, 9.17) is 0 Å². The SMILES string of the molecule is O=C(O)C1CCN(S(=O)(=O)c2cc[nH]c2)c2ccccc21. The molecule has 110 valence electrons. The molecule has 0 radical (unpaired) electrons. The van der Waals surface area contributed by atoms with E-state index < -0.39 is 21.9 Å². The Bertz CT molecular complexity index is 768. The second-order valence-electron chi connectivity index (χ2n) is 4.86. The highest BCUT2D eigenvalue weighted by Crippen LogP contribution is 2.38. The predicted octanol–water partition coefficient (Wildman–Crippen LogP) is 1.78. The highest BCUT2D eigenvalue weighted by Gasteiger charge is 2.35. The molecular formula is C14H14N2O4S. The number of hydrogen-bond acceptors (Lipinski definition) is 3. The summed E-state index contributed by atoms with van der Waals surface area (Å²) in [6.45, 7) is 0.154. The number of carboxylic acids is 1. The third-order valence-electron chi connectivity index (χ3n) is 3.66. The molecule has 1 aliphatic heterocycles. The van der Waals surface area contributed by atoms with Gasteiger partial charge < -0.3 is 10.1 Å². The van der Waals surface area contributed by atoms with E-state index in [0.717, 1.165) is 0 Å². The summed E-state index contributed by atoms with van der Waals surface area (Å²) in [5, 5.41) is 9.29. The molecule has 0 fully saturated rings. The van der Waals surface area contributed by atoms with Gasteiger partial charge in [0, 0.05) is 18.9 Å². The van der Waals surface area contributed by atoms with Gasteiger partial charge in [-0.1, -0.05) is 18.2 Å². The number of nitrogens with one attached hydrogen (secondary N) is 1. The van der Waals surface area contributed by atoms with Crippen LogP contribution in [-0.4, -0.2) is 31.0 Å². The van der Waals surface area contributed by atoms with Gasteiger partial charge in [-0.3, -0.25) is 9.10 Å². The van der Waals surface area contributed by atoms with Crippen LogP contribution in [0.1, 0.15) is 17.9 Å². The Kier molecular flexibility index (Phi) is 3.21. The first-order valence-corrected chi connectivity index (χ1v) is 7.93. The number of fused-ring (bicyclic) bond motifs is 1. The maximum atomic E-state index is 12.6. The van der Waals surface area contributed by atoms with E-state index in [1.165, 1.54) is 16.6 Å². The lowest BCUT2D eigenvalue weighted by Gasteiger charge is -2.33. The summed E-state index contributed by atoms with van der Waals surface area (Å²) in [5.74, 6) is -1.60. The molecule has 3 rings (SSSR count). The first kappa shape index (κ1) is 13.7. The summed E-state index contributed by atoms with van der Waals surface area (Å²) in [5.41, 5.74) is 0.979. The smallest absolute Gasteiger partial charge is 0.311 e. The molecule has 0 amide bonds. The lowest BCUT2D eigenvalue weighted by atomic mass is 9.91. The number of rotatable bonds is 3. The zero-order valence-electron chi connectivity index (χ0n) is 11.1. The van der Waals surface area contributed by atoms with Gasteiger partial charge in [0.1, 0.15) is 4.90 Å². The Balaban J connectivity index is 2.10. The largest absolute Gasteiger partial charge is 0.481 e.